The van der Waals surface area contributed by atoms with E-state index in [-0.39, 0.29) is 35.6 Å². The number of hydrogen-bond acceptors (Lipinski definition) is 6. The molecule has 0 saturated heterocycles. The van der Waals surface area contributed by atoms with Gasteiger partial charge in [-0.15, -0.1) is 0 Å². The van der Waals surface area contributed by atoms with Crippen LogP contribution in [0, 0.1) is 40.3 Å². The van der Waals surface area contributed by atoms with E-state index in [4.69, 9.17) is 5.26 Å². The van der Waals surface area contributed by atoms with E-state index in [1.54, 1.807) is 12.1 Å². The van der Waals surface area contributed by atoms with Crippen LogP contribution in [-0.2, 0) is 10.0 Å². The molecule has 0 fully saturated rings. The summed E-state index contributed by atoms with van der Waals surface area (Å²) in [6.07, 6.45) is 5.68. The molecule has 182 valence electrons. The lowest BCUT2D eigenvalue weighted by Gasteiger charge is -2.31. The first-order chi connectivity index (χ1) is 17.3. The fourth-order valence-electron chi connectivity index (χ4n) is 5.33. The van der Waals surface area contributed by atoms with Crippen LogP contribution in [0.5, 0.6) is 0 Å². The molecule has 0 unspecified atom stereocenters. The molecule has 0 saturated carbocycles. The van der Waals surface area contributed by atoms with Gasteiger partial charge in [0.2, 0.25) is 10.0 Å². The summed E-state index contributed by atoms with van der Waals surface area (Å²) in [5.41, 5.74) is 8.95. The molecule has 2 atom stereocenters. The van der Waals surface area contributed by atoms with E-state index in [1.165, 1.54) is 51.8 Å². The normalized spacial score (nSPS) is 20.8. The van der Waals surface area contributed by atoms with Gasteiger partial charge in [0, 0.05) is 24.2 Å². The molecule has 1 N–H and O–H groups in total. The van der Waals surface area contributed by atoms with Crippen molar-refractivity contribution in [1.82, 2.24) is 9.73 Å². The van der Waals surface area contributed by atoms with Crippen molar-refractivity contribution < 1.29 is 12.8 Å². The Morgan fingerprint density at radius 2 is 1.86 bits per heavy atom. The lowest BCUT2D eigenvalue weighted by atomic mass is 9.80. The van der Waals surface area contributed by atoms with E-state index >= 15 is 0 Å². The van der Waals surface area contributed by atoms with Crippen molar-refractivity contribution in [2.45, 2.75) is 24.7 Å². The zero-order chi connectivity index (χ0) is 25.4. The molecule has 1 heterocycles. The van der Waals surface area contributed by atoms with Crippen LogP contribution in [-0.4, -0.2) is 25.8 Å². The Morgan fingerprint density at radius 3 is 2.53 bits per heavy atom. The maximum Gasteiger partial charge on any atom is 0.244 e. The molecule has 2 aromatic rings. The van der Waals surface area contributed by atoms with Crippen molar-refractivity contribution in [3.05, 3.63) is 94.6 Å². The molecular weight excluding hydrogens is 477 g/mol. The predicted molar refractivity (Wildman–Crippen MR) is 133 cm³/mol. The summed E-state index contributed by atoms with van der Waals surface area (Å²) in [5, 5.41) is 20.3. The van der Waals surface area contributed by atoms with Gasteiger partial charge in [-0.3, -0.25) is 5.01 Å². The molecule has 0 bridgehead atoms. The monoisotopic (exact) mass is 501 g/mol. The van der Waals surface area contributed by atoms with Gasteiger partial charge in [-0.2, -0.15) is 14.8 Å². The quantitative estimate of drug-likeness (QED) is 0.591. The minimum atomic E-state index is -3.90. The predicted octanol–water partition coefficient (Wildman–Crippen LogP) is 4.36. The van der Waals surface area contributed by atoms with Gasteiger partial charge < -0.3 is 5.43 Å². The zero-order valence-electron chi connectivity index (χ0n) is 19.6. The Bertz CT molecular complexity index is 1480. The van der Waals surface area contributed by atoms with Crippen molar-refractivity contribution >= 4 is 15.7 Å². The van der Waals surface area contributed by atoms with Gasteiger partial charge in [0.05, 0.1) is 34.0 Å². The van der Waals surface area contributed by atoms with Gasteiger partial charge in [-0.1, -0.05) is 12.5 Å². The van der Waals surface area contributed by atoms with E-state index in [0.717, 1.165) is 29.8 Å². The number of anilines is 1. The van der Waals surface area contributed by atoms with E-state index in [9.17, 15) is 18.1 Å². The van der Waals surface area contributed by atoms with Crippen molar-refractivity contribution in [3.63, 3.8) is 0 Å². The van der Waals surface area contributed by atoms with Crippen molar-refractivity contribution in [1.29, 1.82) is 10.5 Å². The second-order valence-electron chi connectivity index (χ2n) is 9.10. The van der Waals surface area contributed by atoms with Gasteiger partial charge in [0.25, 0.3) is 0 Å². The zero-order valence-corrected chi connectivity index (χ0v) is 20.5. The average molecular weight is 502 g/mol. The highest BCUT2D eigenvalue weighted by Crippen LogP contribution is 2.48. The molecule has 7 nitrogen and oxygen atoms in total. The van der Waals surface area contributed by atoms with Crippen LogP contribution in [0.1, 0.15) is 25.3 Å². The summed E-state index contributed by atoms with van der Waals surface area (Å²) in [5.74, 6) is -0.249. The summed E-state index contributed by atoms with van der Waals surface area (Å²) >= 11 is 0. The molecule has 2 aliphatic carbocycles. The summed E-state index contributed by atoms with van der Waals surface area (Å²) in [7, 11) is -3.90. The topological polar surface area (TPSA) is 100 Å². The molecule has 0 radical (unpaired) electrons. The second kappa shape index (κ2) is 9.27. The highest BCUT2D eigenvalue weighted by Gasteiger charge is 2.40. The maximum absolute atomic E-state index is 13.4. The summed E-state index contributed by atoms with van der Waals surface area (Å²) in [6.45, 7) is 2.08. The fourth-order valence-corrected chi connectivity index (χ4v) is 6.71. The minimum Gasteiger partial charge on any atom is -0.301 e. The Kier molecular flexibility index (Phi) is 6.13. The number of hydrogen-bond donors (Lipinski definition) is 1. The molecule has 5 rings (SSSR count). The molecule has 1 aliphatic heterocycles. The Hall–Kier alpha value is -3.92. The van der Waals surface area contributed by atoms with Crippen LogP contribution in [0.2, 0.25) is 0 Å². The van der Waals surface area contributed by atoms with Crippen LogP contribution in [0.4, 0.5) is 10.1 Å². The Balaban J connectivity index is 1.43. The molecule has 36 heavy (non-hydrogen) atoms. The van der Waals surface area contributed by atoms with E-state index in [2.05, 4.69) is 18.4 Å². The van der Waals surface area contributed by atoms with Gasteiger partial charge in [-0.25, -0.2) is 12.8 Å². The number of nitrogens with one attached hydrogen (secondary N) is 1. The van der Waals surface area contributed by atoms with Gasteiger partial charge in [0.1, 0.15) is 12.4 Å². The number of fused-ring (bicyclic) bond motifs is 1. The number of nitriles is 2. The Morgan fingerprint density at radius 1 is 1.14 bits per heavy atom. The molecule has 0 amide bonds. The number of nitrogens with zero attached hydrogens (tertiary/aromatic N) is 4. The first-order valence-electron chi connectivity index (χ1n) is 11.7. The van der Waals surface area contributed by atoms with Crippen molar-refractivity contribution in [2.75, 3.05) is 18.1 Å². The lowest BCUT2D eigenvalue weighted by Crippen LogP contribution is -2.36. The molecule has 2 aromatic carbocycles. The van der Waals surface area contributed by atoms with Crippen LogP contribution in [0.25, 0.3) is 0 Å². The van der Waals surface area contributed by atoms with Crippen LogP contribution < -0.4 is 10.4 Å². The molecule has 3 aliphatic rings. The van der Waals surface area contributed by atoms with Gasteiger partial charge >= 0.3 is 0 Å². The third kappa shape index (κ3) is 4.07. The fraction of sp³-hybridized carbons (Fsp3) is 0.259. The van der Waals surface area contributed by atoms with Crippen LogP contribution in [0.3, 0.4) is 0 Å². The smallest absolute Gasteiger partial charge is 0.244 e. The van der Waals surface area contributed by atoms with Crippen molar-refractivity contribution in [3.8, 4) is 12.1 Å². The molecule has 9 heteroatoms. The highest BCUT2D eigenvalue weighted by atomic mass is 32.2. The first-order valence-corrected chi connectivity index (χ1v) is 13.1. The standard InChI is InChI=1S/C27H24FN5O2S/c1-18-25-16-31-33(23-8-6-22(28)7-9-23)26(25)14-20-4-5-21(27(18)20)17-32(13-12-29)36(34,35)24-10-2-19(15-30)3-11-24/h2-3,6-11,14,16,18,21,31H,4-5,13,17H2,1H3/t18-,21+/m0/s1. The highest BCUT2D eigenvalue weighted by molar-refractivity contribution is 7.89. The average Bonchev–Trinajstić information content (AvgIpc) is 3.49. The summed E-state index contributed by atoms with van der Waals surface area (Å²) in [6, 6.07) is 16.0. The van der Waals surface area contributed by atoms with E-state index in [0.29, 0.717) is 5.56 Å². The summed E-state index contributed by atoms with van der Waals surface area (Å²) < 4.78 is 41.4. The van der Waals surface area contributed by atoms with Crippen LogP contribution in [0.15, 0.2) is 88.1 Å². The van der Waals surface area contributed by atoms with Crippen molar-refractivity contribution in [2.24, 2.45) is 11.8 Å². The molecule has 0 spiro atoms. The molecule has 0 aromatic heterocycles. The largest absolute Gasteiger partial charge is 0.301 e. The minimum absolute atomic E-state index is 0.0184. The first kappa shape index (κ1) is 23.8. The SMILES string of the molecule is C[C@H]1C2=CNN(c3ccc(F)cc3)C2=CC2=C1[C@@H](CN(CC#N)S(=O)(=O)c1ccc(C#N)cc1)CC2. The number of halogens is 1. The Labute approximate surface area is 210 Å². The second-order valence-corrected chi connectivity index (χ2v) is 11.0. The van der Waals surface area contributed by atoms with E-state index < -0.39 is 10.0 Å². The molecular formula is C27H24FN5O2S. The summed E-state index contributed by atoms with van der Waals surface area (Å²) in [4.78, 5) is 0.0699. The number of rotatable bonds is 6. The number of hydrazine groups is 1. The number of allylic oxidation sites excluding steroid dienone is 3. The lowest BCUT2D eigenvalue weighted by molar-refractivity contribution is 0.380. The number of sulfonamides is 1. The maximum atomic E-state index is 13.4. The van der Waals surface area contributed by atoms with Gasteiger partial charge in [0.15, 0.2) is 0 Å². The van der Waals surface area contributed by atoms with Crippen LogP contribution >= 0.6 is 0 Å². The van der Waals surface area contributed by atoms with E-state index in [1.807, 2.05) is 23.3 Å². The number of benzene rings is 2. The third-order valence-electron chi connectivity index (χ3n) is 7.08. The van der Waals surface area contributed by atoms with Gasteiger partial charge in [-0.05, 0) is 78.9 Å². The third-order valence-corrected chi connectivity index (χ3v) is 8.91.